The zero-order chi connectivity index (χ0) is 20.3. The third kappa shape index (κ3) is 4.05. The van der Waals surface area contributed by atoms with Crippen LogP contribution in [0.2, 0.25) is 0 Å². The van der Waals surface area contributed by atoms with Crippen LogP contribution in [-0.4, -0.2) is 50.7 Å². The average Bonchev–Trinajstić information content (AvgIpc) is 3.09. The van der Waals surface area contributed by atoms with Crippen molar-refractivity contribution in [3.63, 3.8) is 0 Å². The van der Waals surface area contributed by atoms with Crippen LogP contribution in [0.4, 0.5) is 5.69 Å². The lowest BCUT2D eigenvalue weighted by atomic mass is 10.0. The zero-order valence-corrected chi connectivity index (χ0v) is 16.0. The van der Waals surface area contributed by atoms with Crippen molar-refractivity contribution < 1.29 is 19.5 Å². The molecule has 0 spiro atoms. The van der Waals surface area contributed by atoms with Crippen molar-refractivity contribution in [3.05, 3.63) is 47.3 Å². The first kappa shape index (κ1) is 19.6. The maximum Gasteiger partial charge on any atom is 0.339 e. The first-order valence-electron chi connectivity index (χ1n) is 9.37. The first-order chi connectivity index (χ1) is 13.4. The Morgan fingerprint density at radius 2 is 1.96 bits per heavy atom. The minimum Gasteiger partial charge on any atom is -0.478 e. The van der Waals surface area contributed by atoms with Gasteiger partial charge in [-0.05, 0) is 38.0 Å². The van der Waals surface area contributed by atoms with Gasteiger partial charge in [-0.15, -0.1) is 0 Å². The van der Waals surface area contributed by atoms with Crippen LogP contribution in [0.15, 0.2) is 30.5 Å². The highest BCUT2D eigenvalue weighted by Gasteiger charge is 2.27. The van der Waals surface area contributed by atoms with Crippen molar-refractivity contribution >= 4 is 23.5 Å². The van der Waals surface area contributed by atoms with Crippen LogP contribution in [0.25, 0.3) is 0 Å². The number of carboxylic acid groups (broad SMARTS) is 1. The SMILES string of the molecule is CCC(=O)Nc1cccc(C(=O)N2CCC(n3ncc(C(=O)O)c3C)CC2)c1. The van der Waals surface area contributed by atoms with Gasteiger partial charge in [-0.3, -0.25) is 14.3 Å². The second-order valence-electron chi connectivity index (χ2n) is 6.90. The summed E-state index contributed by atoms with van der Waals surface area (Å²) in [5, 5.41) is 16.2. The van der Waals surface area contributed by atoms with Crippen molar-refractivity contribution in [2.24, 2.45) is 0 Å². The Morgan fingerprint density at radius 3 is 2.57 bits per heavy atom. The van der Waals surface area contributed by atoms with Crippen LogP contribution in [0.5, 0.6) is 0 Å². The van der Waals surface area contributed by atoms with Gasteiger partial charge < -0.3 is 15.3 Å². The quantitative estimate of drug-likeness (QED) is 0.825. The van der Waals surface area contributed by atoms with E-state index in [0.717, 1.165) is 0 Å². The number of rotatable bonds is 5. The second kappa shape index (κ2) is 8.24. The fourth-order valence-electron chi connectivity index (χ4n) is 3.48. The van der Waals surface area contributed by atoms with Crippen molar-refractivity contribution in [3.8, 4) is 0 Å². The Morgan fingerprint density at radius 1 is 1.25 bits per heavy atom. The molecule has 2 N–H and O–H groups in total. The summed E-state index contributed by atoms with van der Waals surface area (Å²) in [6.45, 7) is 4.66. The number of carboxylic acids is 1. The first-order valence-corrected chi connectivity index (χ1v) is 9.37. The van der Waals surface area contributed by atoms with E-state index in [1.807, 2.05) is 0 Å². The number of benzene rings is 1. The molecule has 2 aromatic rings. The predicted octanol–water partition coefficient (Wildman–Crippen LogP) is 2.72. The molecule has 0 atom stereocenters. The van der Waals surface area contributed by atoms with E-state index in [1.165, 1.54) is 6.20 Å². The molecule has 8 heteroatoms. The summed E-state index contributed by atoms with van der Waals surface area (Å²) in [5.74, 6) is -1.15. The number of nitrogens with one attached hydrogen (secondary N) is 1. The molecule has 1 saturated heterocycles. The van der Waals surface area contributed by atoms with Gasteiger partial charge in [0.2, 0.25) is 5.91 Å². The lowest BCUT2D eigenvalue weighted by Crippen LogP contribution is -2.39. The number of piperidine rings is 1. The minimum atomic E-state index is -0.980. The number of hydrogen-bond acceptors (Lipinski definition) is 4. The molecule has 1 aromatic heterocycles. The largest absolute Gasteiger partial charge is 0.478 e. The molecule has 28 heavy (non-hydrogen) atoms. The molecule has 1 aromatic carbocycles. The van der Waals surface area contributed by atoms with E-state index >= 15 is 0 Å². The van der Waals surface area contributed by atoms with Crippen LogP contribution < -0.4 is 5.32 Å². The molecule has 0 saturated carbocycles. The predicted molar refractivity (Wildman–Crippen MR) is 103 cm³/mol. The van der Waals surface area contributed by atoms with Crippen LogP contribution in [-0.2, 0) is 4.79 Å². The number of amides is 2. The summed E-state index contributed by atoms with van der Waals surface area (Å²) in [6.07, 6.45) is 3.17. The van der Waals surface area contributed by atoms with Crippen LogP contribution >= 0.6 is 0 Å². The van der Waals surface area contributed by atoms with Crippen molar-refractivity contribution in [1.29, 1.82) is 0 Å². The Hall–Kier alpha value is -3.16. The molecule has 148 valence electrons. The Balaban J connectivity index is 1.65. The highest BCUT2D eigenvalue weighted by atomic mass is 16.4. The van der Waals surface area contributed by atoms with Gasteiger partial charge in [0.25, 0.3) is 5.91 Å². The standard InChI is InChI=1S/C20H24N4O4/c1-3-18(25)22-15-6-4-5-14(11-15)19(26)23-9-7-16(8-10-23)24-13(2)17(12-21-24)20(27)28/h4-6,11-12,16H,3,7-10H2,1-2H3,(H,22,25)(H,27,28). The van der Waals surface area contributed by atoms with Crippen LogP contribution in [0.3, 0.4) is 0 Å². The number of aromatic nitrogens is 2. The van der Waals surface area contributed by atoms with Gasteiger partial charge in [0.15, 0.2) is 0 Å². The van der Waals surface area contributed by atoms with E-state index in [1.54, 1.807) is 47.7 Å². The summed E-state index contributed by atoms with van der Waals surface area (Å²) in [7, 11) is 0. The molecule has 0 bridgehead atoms. The third-order valence-electron chi connectivity index (χ3n) is 5.09. The fourth-order valence-corrected chi connectivity index (χ4v) is 3.48. The highest BCUT2D eigenvalue weighted by Crippen LogP contribution is 2.26. The van der Waals surface area contributed by atoms with E-state index < -0.39 is 5.97 Å². The average molecular weight is 384 g/mol. The molecular formula is C20H24N4O4. The topological polar surface area (TPSA) is 105 Å². The van der Waals surface area contributed by atoms with Crippen LogP contribution in [0, 0.1) is 6.92 Å². The van der Waals surface area contributed by atoms with Gasteiger partial charge in [0.05, 0.1) is 17.9 Å². The lowest BCUT2D eigenvalue weighted by Gasteiger charge is -2.32. The summed E-state index contributed by atoms with van der Waals surface area (Å²) in [5.41, 5.74) is 2.00. The van der Waals surface area contributed by atoms with E-state index in [0.29, 0.717) is 49.3 Å². The van der Waals surface area contributed by atoms with Gasteiger partial charge >= 0.3 is 5.97 Å². The smallest absolute Gasteiger partial charge is 0.339 e. The third-order valence-corrected chi connectivity index (χ3v) is 5.09. The van der Waals surface area contributed by atoms with Gasteiger partial charge in [0.1, 0.15) is 5.56 Å². The molecule has 2 amide bonds. The Kier molecular flexibility index (Phi) is 5.77. The number of likely N-dealkylation sites (tertiary alicyclic amines) is 1. The highest BCUT2D eigenvalue weighted by molar-refractivity contribution is 5.97. The van der Waals surface area contributed by atoms with Crippen LogP contribution in [0.1, 0.15) is 58.6 Å². The summed E-state index contributed by atoms with van der Waals surface area (Å²) in [6, 6.07) is 7.03. The Bertz CT molecular complexity index is 897. The normalized spacial score (nSPS) is 14.7. The molecule has 1 fully saturated rings. The second-order valence-corrected chi connectivity index (χ2v) is 6.90. The summed E-state index contributed by atoms with van der Waals surface area (Å²) < 4.78 is 1.76. The molecule has 0 unspecified atom stereocenters. The number of carbonyl (C=O) groups excluding carboxylic acids is 2. The number of anilines is 1. The monoisotopic (exact) mass is 384 g/mol. The molecule has 0 radical (unpaired) electrons. The summed E-state index contributed by atoms with van der Waals surface area (Å²) in [4.78, 5) is 37.4. The minimum absolute atomic E-state index is 0.0746. The van der Waals surface area contributed by atoms with Gasteiger partial charge in [-0.25, -0.2) is 4.79 Å². The molecular weight excluding hydrogens is 360 g/mol. The van der Waals surface area contributed by atoms with Crippen molar-refractivity contribution in [2.45, 2.75) is 39.2 Å². The molecule has 1 aliphatic heterocycles. The molecule has 3 rings (SSSR count). The maximum absolute atomic E-state index is 12.8. The zero-order valence-electron chi connectivity index (χ0n) is 16.0. The van der Waals surface area contributed by atoms with Gasteiger partial charge in [-0.1, -0.05) is 13.0 Å². The number of hydrogen-bond donors (Lipinski definition) is 2. The number of carbonyl (C=O) groups is 3. The molecule has 8 nitrogen and oxygen atoms in total. The van der Waals surface area contributed by atoms with E-state index in [4.69, 9.17) is 0 Å². The molecule has 0 aliphatic carbocycles. The molecule has 1 aliphatic rings. The van der Waals surface area contributed by atoms with E-state index in [2.05, 4.69) is 10.4 Å². The van der Waals surface area contributed by atoms with E-state index in [9.17, 15) is 19.5 Å². The van der Waals surface area contributed by atoms with Gasteiger partial charge in [-0.2, -0.15) is 5.10 Å². The number of nitrogens with zero attached hydrogens (tertiary/aromatic N) is 3. The maximum atomic E-state index is 12.8. The van der Waals surface area contributed by atoms with Crippen molar-refractivity contribution in [2.75, 3.05) is 18.4 Å². The summed E-state index contributed by atoms with van der Waals surface area (Å²) >= 11 is 0. The Labute approximate surface area is 163 Å². The van der Waals surface area contributed by atoms with E-state index in [-0.39, 0.29) is 23.4 Å². The van der Waals surface area contributed by atoms with Gasteiger partial charge in [0, 0.05) is 30.8 Å². The lowest BCUT2D eigenvalue weighted by molar-refractivity contribution is -0.115. The van der Waals surface area contributed by atoms with Crippen molar-refractivity contribution in [1.82, 2.24) is 14.7 Å². The fraction of sp³-hybridized carbons (Fsp3) is 0.400. The molecule has 2 heterocycles. The number of aromatic carboxylic acids is 1.